The maximum absolute atomic E-state index is 12.8. The number of nitrogen functional groups attached to an aromatic ring is 1. The van der Waals surface area contributed by atoms with Crippen LogP contribution in [0, 0.1) is 20.8 Å². The molecule has 1 aliphatic heterocycles. The second-order valence-corrected chi connectivity index (χ2v) is 7.73. The summed E-state index contributed by atoms with van der Waals surface area (Å²) < 4.78 is 7.23. The first kappa shape index (κ1) is 18.8. The van der Waals surface area contributed by atoms with Crippen LogP contribution in [0.25, 0.3) is 28.2 Å². The Balaban J connectivity index is 1.72. The lowest BCUT2D eigenvalue weighted by Crippen LogP contribution is -2.24. The molecular formula is C23H18N4O4. The molecule has 0 saturated carbocycles. The first-order valence-corrected chi connectivity index (χ1v) is 9.65. The fraction of sp³-hybridized carbons (Fsp3) is 0.130. The summed E-state index contributed by atoms with van der Waals surface area (Å²) >= 11 is 0. The number of amides is 2. The predicted octanol–water partition coefficient (Wildman–Crippen LogP) is 3.04. The van der Waals surface area contributed by atoms with Crippen molar-refractivity contribution in [1.82, 2.24) is 14.9 Å². The number of imide groups is 1. The van der Waals surface area contributed by atoms with E-state index >= 15 is 0 Å². The number of hydrogen-bond acceptors (Lipinski definition) is 6. The van der Waals surface area contributed by atoms with Gasteiger partial charge in [-0.05, 0) is 55.7 Å². The Morgan fingerprint density at radius 1 is 0.968 bits per heavy atom. The Bertz CT molecular complexity index is 1510. The molecule has 2 amide bonds. The van der Waals surface area contributed by atoms with Crippen LogP contribution in [0.2, 0.25) is 0 Å². The van der Waals surface area contributed by atoms with Crippen LogP contribution in [-0.2, 0) is 0 Å². The SMILES string of the molecule is Cc1cc(C)c2oc(-c3ccc(C)c(-n4c(N)c5c(cc4=O)C(=O)NC5=O)c3)nc2c1. The van der Waals surface area contributed by atoms with Gasteiger partial charge >= 0.3 is 0 Å². The number of carbonyl (C=O) groups excluding carboxylic acids is 2. The van der Waals surface area contributed by atoms with Gasteiger partial charge in [0.15, 0.2) is 5.58 Å². The van der Waals surface area contributed by atoms with E-state index in [0.717, 1.165) is 28.3 Å². The molecule has 8 nitrogen and oxygen atoms in total. The van der Waals surface area contributed by atoms with Crippen LogP contribution < -0.4 is 16.6 Å². The summed E-state index contributed by atoms with van der Waals surface area (Å²) in [6, 6.07) is 10.5. The van der Waals surface area contributed by atoms with Crippen molar-refractivity contribution in [3.63, 3.8) is 0 Å². The summed E-state index contributed by atoms with van der Waals surface area (Å²) in [7, 11) is 0. The van der Waals surface area contributed by atoms with E-state index in [1.807, 2.05) is 45.0 Å². The minimum Gasteiger partial charge on any atom is -0.436 e. The number of benzene rings is 2. The number of anilines is 1. The van der Waals surface area contributed by atoms with E-state index in [4.69, 9.17) is 10.2 Å². The van der Waals surface area contributed by atoms with Crippen molar-refractivity contribution >= 4 is 28.7 Å². The third-order valence-electron chi connectivity index (χ3n) is 5.47. The number of oxazole rings is 1. The van der Waals surface area contributed by atoms with Crippen molar-refractivity contribution < 1.29 is 14.0 Å². The zero-order chi connectivity index (χ0) is 22.0. The lowest BCUT2D eigenvalue weighted by Gasteiger charge is -2.15. The van der Waals surface area contributed by atoms with Crippen LogP contribution >= 0.6 is 0 Å². The molecular weight excluding hydrogens is 396 g/mol. The molecule has 5 rings (SSSR count). The number of nitrogens with one attached hydrogen (secondary N) is 1. The van der Waals surface area contributed by atoms with E-state index in [9.17, 15) is 14.4 Å². The molecule has 0 saturated heterocycles. The number of aryl methyl sites for hydroxylation is 3. The van der Waals surface area contributed by atoms with Gasteiger partial charge in [0.1, 0.15) is 11.3 Å². The van der Waals surface area contributed by atoms with E-state index in [2.05, 4.69) is 10.3 Å². The highest BCUT2D eigenvalue weighted by atomic mass is 16.3. The standard InChI is InChI=1S/C23H18N4O4/c1-10-6-12(3)19-15(7-10)25-23(31-19)13-5-4-11(2)16(8-13)27-17(28)9-14-18(20(27)24)22(30)26-21(14)29/h4-9H,24H2,1-3H3,(H,26,29,30). The highest BCUT2D eigenvalue weighted by molar-refractivity contribution is 6.23. The quantitative estimate of drug-likeness (QED) is 0.487. The van der Waals surface area contributed by atoms with Gasteiger partial charge in [0.2, 0.25) is 5.89 Å². The Morgan fingerprint density at radius 2 is 1.74 bits per heavy atom. The highest BCUT2D eigenvalue weighted by Gasteiger charge is 2.32. The van der Waals surface area contributed by atoms with E-state index in [1.54, 1.807) is 6.07 Å². The van der Waals surface area contributed by atoms with E-state index in [1.165, 1.54) is 4.57 Å². The summed E-state index contributed by atoms with van der Waals surface area (Å²) in [6.07, 6.45) is 0. The summed E-state index contributed by atoms with van der Waals surface area (Å²) in [6.45, 7) is 5.78. The number of pyridine rings is 1. The summed E-state index contributed by atoms with van der Waals surface area (Å²) in [5, 5.41) is 2.17. The molecule has 154 valence electrons. The number of nitrogens with two attached hydrogens (primary N) is 1. The highest BCUT2D eigenvalue weighted by Crippen LogP contribution is 2.31. The van der Waals surface area contributed by atoms with Crippen LogP contribution in [-0.4, -0.2) is 21.4 Å². The number of fused-ring (bicyclic) bond motifs is 2. The van der Waals surface area contributed by atoms with E-state index < -0.39 is 17.4 Å². The molecule has 0 radical (unpaired) electrons. The minimum atomic E-state index is -0.626. The van der Waals surface area contributed by atoms with Gasteiger partial charge in [-0.3, -0.25) is 24.3 Å². The molecule has 0 atom stereocenters. The van der Waals surface area contributed by atoms with E-state index in [0.29, 0.717) is 22.7 Å². The van der Waals surface area contributed by atoms with Crippen molar-refractivity contribution in [1.29, 1.82) is 0 Å². The molecule has 0 aliphatic carbocycles. The normalized spacial score (nSPS) is 13.0. The van der Waals surface area contributed by atoms with Crippen molar-refractivity contribution in [3.8, 4) is 17.1 Å². The lowest BCUT2D eigenvalue weighted by atomic mass is 10.1. The number of nitrogens with zero attached hydrogens (tertiary/aromatic N) is 2. The molecule has 3 N–H and O–H groups in total. The lowest BCUT2D eigenvalue weighted by molar-refractivity contribution is 0.0880. The molecule has 1 aliphatic rings. The van der Waals surface area contributed by atoms with Gasteiger partial charge in [0.05, 0.1) is 16.8 Å². The molecule has 0 fully saturated rings. The summed E-state index contributed by atoms with van der Waals surface area (Å²) in [4.78, 5) is 41.5. The molecule has 2 aromatic carbocycles. The van der Waals surface area contributed by atoms with Crippen molar-refractivity contribution in [2.24, 2.45) is 0 Å². The van der Waals surface area contributed by atoms with Crippen molar-refractivity contribution in [2.45, 2.75) is 20.8 Å². The van der Waals surface area contributed by atoms with Crippen LogP contribution in [0.3, 0.4) is 0 Å². The Kier molecular flexibility index (Phi) is 3.88. The molecule has 31 heavy (non-hydrogen) atoms. The molecule has 2 aromatic heterocycles. The van der Waals surface area contributed by atoms with Gasteiger partial charge in [-0.15, -0.1) is 0 Å². The van der Waals surface area contributed by atoms with Gasteiger partial charge < -0.3 is 10.2 Å². The fourth-order valence-electron chi connectivity index (χ4n) is 4.01. The maximum atomic E-state index is 12.8. The molecule has 4 aromatic rings. The molecule has 0 unspecified atom stereocenters. The summed E-state index contributed by atoms with van der Waals surface area (Å²) in [5.41, 5.74) is 11.1. The fourth-order valence-corrected chi connectivity index (χ4v) is 4.01. The molecule has 0 spiro atoms. The zero-order valence-electron chi connectivity index (χ0n) is 17.1. The number of carbonyl (C=O) groups is 2. The van der Waals surface area contributed by atoms with Crippen LogP contribution in [0.15, 0.2) is 45.6 Å². The monoisotopic (exact) mass is 414 g/mol. The molecule has 3 heterocycles. The minimum absolute atomic E-state index is 0.00219. The number of rotatable bonds is 2. The van der Waals surface area contributed by atoms with Gasteiger partial charge in [-0.2, -0.15) is 0 Å². The van der Waals surface area contributed by atoms with Gasteiger partial charge in [-0.25, -0.2) is 4.98 Å². The molecule has 8 heteroatoms. The second kappa shape index (κ2) is 6.40. The summed E-state index contributed by atoms with van der Waals surface area (Å²) in [5.74, 6) is -0.927. The molecule has 0 bridgehead atoms. The van der Waals surface area contributed by atoms with Crippen LogP contribution in [0.4, 0.5) is 5.82 Å². The van der Waals surface area contributed by atoms with Gasteiger partial charge in [-0.1, -0.05) is 12.1 Å². The largest absolute Gasteiger partial charge is 0.436 e. The predicted molar refractivity (Wildman–Crippen MR) is 115 cm³/mol. The zero-order valence-corrected chi connectivity index (χ0v) is 17.1. The first-order chi connectivity index (χ1) is 14.7. The average Bonchev–Trinajstić information content (AvgIpc) is 3.24. The third-order valence-corrected chi connectivity index (χ3v) is 5.47. The average molecular weight is 414 g/mol. The third kappa shape index (κ3) is 2.76. The van der Waals surface area contributed by atoms with Crippen molar-refractivity contribution in [3.05, 3.63) is 74.6 Å². The topological polar surface area (TPSA) is 120 Å². The Labute approximate surface area is 176 Å². The Hall–Kier alpha value is -4.20. The number of aromatic nitrogens is 2. The van der Waals surface area contributed by atoms with Gasteiger partial charge in [0.25, 0.3) is 17.4 Å². The van der Waals surface area contributed by atoms with Crippen LogP contribution in [0.5, 0.6) is 0 Å². The first-order valence-electron chi connectivity index (χ1n) is 9.65. The van der Waals surface area contributed by atoms with Crippen molar-refractivity contribution in [2.75, 3.05) is 5.73 Å². The van der Waals surface area contributed by atoms with Crippen LogP contribution in [0.1, 0.15) is 37.4 Å². The Morgan fingerprint density at radius 3 is 2.52 bits per heavy atom. The number of hydrogen-bond donors (Lipinski definition) is 2. The maximum Gasteiger partial charge on any atom is 0.262 e. The van der Waals surface area contributed by atoms with Gasteiger partial charge in [0, 0.05) is 11.6 Å². The van der Waals surface area contributed by atoms with E-state index in [-0.39, 0.29) is 16.9 Å². The smallest absolute Gasteiger partial charge is 0.262 e. The second-order valence-electron chi connectivity index (χ2n) is 7.73.